The first-order chi connectivity index (χ1) is 11.1. The van der Waals surface area contributed by atoms with Crippen molar-refractivity contribution in [3.8, 4) is 23.6 Å². The topological polar surface area (TPSA) is 86.3 Å². The SMILES string of the molecule is COc1cc(/C=C/C2=CC(=C(C#N)C#N)C=C(C)O2)ccc1O. The summed E-state index contributed by atoms with van der Waals surface area (Å²) in [6.07, 6.45) is 6.77. The van der Waals surface area contributed by atoms with Crippen molar-refractivity contribution in [3.63, 3.8) is 0 Å². The molecular weight excluding hydrogens is 292 g/mol. The monoisotopic (exact) mass is 306 g/mol. The van der Waals surface area contributed by atoms with Gasteiger partial charge in [0.1, 0.15) is 29.2 Å². The molecule has 5 nitrogen and oxygen atoms in total. The van der Waals surface area contributed by atoms with Gasteiger partial charge in [0.2, 0.25) is 0 Å². The number of allylic oxidation sites excluding steroid dienone is 6. The average Bonchev–Trinajstić information content (AvgIpc) is 2.55. The smallest absolute Gasteiger partial charge is 0.161 e. The van der Waals surface area contributed by atoms with E-state index in [2.05, 4.69) is 0 Å². The average molecular weight is 306 g/mol. The molecule has 0 spiro atoms. The van der Waals surface area contributed by atoms with Gasteiger partial charge in [-0.1, -0.05) is 12.1 Å². The van der Waals surface area contributed by atoms with Crippen molar-refractivity contribution in [2.75, 3.05) is 7.11 Å². The molecule has 0 fully saturated rings. The zero-order valence-corrected chi connectivity index (χ0v) is 12.7. The fourth-order valence-electron chi connectivity index (χ4n) is 2.02. The van der Waals surface area contributed by atoms with Gasteiger partial charge in [-0.15, -0.1) is 0 Å². The Bertz CT molecular complexity index is 815. The Morgan fingerprint density at radius 2 is 1.96 bits per heavy atom. The molecular formula is C18H14N2O3. The maximum Gasteiger partial charge on any atom is 0.161 e. The van der Waals surface area contributed by atoms with Crippen LogP contribution >= 0.6 is 0 Å². The second-order valence-corrected chi connectivity index (χ2v) is 4.72. The number of phenolic OH excluding ortho intramolecular Hbond substituents is 1. The fourth-order valence-corrected chi connectivity index (χ4v) is 2.02. The second kappa shape index (κ2) is 7.02. The van der Waals surface area contributed by atoms with E-state index >= 15 is 0 Å². The molecule has 0 unspecified atom stereocenters. The van der Waals surface area contributed by atoms with Gasteiger partial charge in [-0.05, 0) is 42.8 Å². The molecule has 23 heavy (non-hydrogen) atoms. The number of nitriles is 2. The van der Waals surface area contributed by atoms with Crippen molar-refractivity contribution in [2.45, 2.75) is 6.92 Å². The minimum Gasteiger partial charge on any atom is -0.504 e. The molecule has 0 bridgehead atoms. The van der Waals surface area contributed by atoms with E-state index in [0.29, 0.717) is 22.8 Å². The lowest BCUT2D eigenvalue weighted by Crippen LogP contribution is -1.97. The van der Waals surface area contributed by atoms with E-state index in [0.717, 1.165) is 5.56 Å². The van der Waals surface area contributed by atoms with Gasteiger partial charge in [0.25, 0.3) is 0 Å². The zero-order valence-electron chi connectivity index (χ0n) is 12.7. The van der Waals surface area contributed by atoms with Crippen molar-refractivity contribution in [3.05, 3.63) is 64.7 Å². The van der Waals surface area contributed by atoms with Gasteiger partial charge >= 0.3 is 0 Å². The van der Waals surface area contributed by atoms with Crippen LogP contribution < -0.4 is 4.74 Å². The Labute approximate surface area is 134 Å². The number of ether oxygens (including phenoxy) is 2. The molecule has 0 amide bonds. The molecule has 0 saturated carbocycles. The lowest BCUT2D eigenvalue weighted by molar-refractivity contribution is 0.318. The van der Waals surface area contributed by atoms with Crippen molar-refractivity contribution in [1.82, 2.24) is 0 Å². The third-order valence-electron chi connectivity index (χ3n) is 3.09. The predicted molar refractivity (Wildman–Crippen MR) is 84.9 cm³/mol. The molecule has 0 saturated heterocycles. The summed E-state index contributed by atoms with van der Waals surface area (Å²) >= 11 is 0. The lowest BCUT2D eigenvalue weighted by Gasteiger charge is -2.13. The normalized spacial score (nSPS) is 13.5. The van der Waals surface area contributed by atoms with Crippen molar-refractivity contribution in [1.29, 1.82) is 10.5 Å². The van der Waals surface area contributed by atoms with E-state index in [-0.39, 0.29) is 11.3 Å². The van der Waals surface area contributed by atoms with Crippen LogP contribution in [0.1, 0.15) is 12.5 Å². The quantitative estimate of drug-likeness (QED) is 0.863. The number of aromatic hydroxyl groups is 1. The van der Waals surface area contributed by atoms with Crippen LogP contribution in [0.3, 0.4) is 0 Å². The highest BCUT2D eigenvalue weighted by Crippen LogP contribution is 2.27. The van der Waals surface area contributed by atoms with E-state index in [1.54, 1.807) is 43.4 Å². The summed E-state index contributed by atoms with van der Waals surface area (Å²) in [6.45, 7) is 1.75. The molecule has 0 atom stereocenters. The van der Waals surface area contributed by atoms with Crippen LogP contribution in [0.25, 0.3) is 6.08 Å². The molecule has 1 aromatic rings. The Kier molecular flexibility index (Phi) is 4.86. The lowest BCUT2D eigenvalue weighted by atomic mass is 10.1. The first kappa shape index (κ1) is 15.9. The minimum atomic E-state index is 0.0323. The summed E-state index contributed by atoms with van der Waals surface area (Å²) in [6, 6.07) is 8.68. The van der Waals surface area contributed by atoms with Gasteiger partial charge in [-0.25, -0.2) is 0 Å². The van der Waals surface area contributed by atoms with Crippen LogP contribution in [0.15, 0.2) is 59.1 Å². The van der Waals surface area contributed by atoms with Gasteiger partial charge in [-0.3, -0.25) is 0 Å². The Morgan fingerprint density at radius 3 is 2.61 bits per heavy atom. The van der Waals surface area contributed by atoms with Crippen LogP contribution in [0.4, 0.5) is 0 Å². The molecule has 2 rings (SSSR count). The minimum absolute atomic E-state index is 0.0323. The van der Waals surface area contributed by atoms with E-state index in [9.17, 15) is 5.11 Å². The maximum atomic E-state index is 9.58. The number of benzene rings is 1. The third kappa shape index (κ3) is 3.81. The number of rotatable bonds is 3. The highest BCUT2D eigenvalue weighted by molar-refractivity contribution is 5.59. The largest absolute Gasteiger partial charge is 0.504 e. The van der Waals surface area contributed by atoms with Crippen molar-refractivity contribution < 1.29 is 14.6 Å². The Hall–Kier alpha value is -3.44. The summed E-state index contributed by atoms with van der Waals surface area (Å²) < 4.78 is 10.6. The van der Waals surface area contributed by atoms with Crippen molar-refractivity contribution in [2.24, 2.45) is 0 Å². The van der Waals surface area contributed by atoms with Crippen LogP contribution in [0.5, 0.6) is 11.5 Å². The van der Waals surface area contributed by atoms with Gasteiger partial charge < -0.3 is 14.6 Å². The van der Waals surface area contributed by atoms with E-state index < -0.39 is 0 Å². The summed E-state index contributed by atoms with van der Waals surface area (Å²) in [7, 11) is 1.48. The molecule has 0 aliphatic carbocycles. The van der Waals surface area contributed by atoms with Gasteiger partial charge in [0.05, 0.1) is 7.11 Å². The molecule has 1 heterocycles. The number of methoxy groups -OCH3 is 1. The molecule has 5 heteroatoms. The Morgan fingerprint density at radius 1 is 1.22 bits per heavy atom. The first-order valence-corrected chi connectivity index (χ1v) is 6.74. The molecule has 114 valence electrons. The predicted octanol–water partition coefficient (Wildman–Crippen LogP) is 3.58. The number of phenols is 1. The number of nitrogens with zero attached hydrogens (tertiary/aromatic N) is 2. The van der Waals surface area contributed by atoms with Crippen molar-refractivity contribution >= 4 is 6.08 Å². The highest BCUT2D eigenvalue weighted by Gasteiger charge is 2.10. The molecule has 0 aromatic heterocycles. The standard InChI is InChI=1S/C18H14N2O3/c1-12-7-14(15(10-19)11-20)9-16(23-12)5-3-13-4-6-17(21)18(8-13)22-2/h3-9,21H,1-2H3/b5-3+. The zero-order chi connectivity index (χ0) is 16.8. The number of hydrogen-bond acceptors (Lipinski definition) is 5. The summed E-state index contributed by atoms with van der Waals surface area (Å²) in [4.78, 5) is 0. The van der Waals surface area contributed by atoms with E-state index in [1.165, 1.54) is 13.2 Å². The number of hydrogen-bond donors (Lipinski definition) is 1. The third-order valence-corrected chi connectivity index (χ3v) is 3.09. The van der Waals surface area contributed by atoms with Crippen LogP contribution in [0.2, 0.25) is 0 Å². The Balaban J connectivity index is 2.31. The van der Waals surface area contributed by atoms with Gasteiger partial charge in [0, 0.05) is 5.57 Å². The fraction of sp³-hybridized carbons (Fsp3) is 0.111. The summed E-state index contributed by atoms with van der Waals surface area (Å²) in [5.41, 5.74) is 1.36. The maximum absolute atomic E-state index is 9.58. The molecule has 1 N–H and O–H groups in total. The molecule has 1 aliphatic heterocycles. The van der Waals surface area contributed by atoms with Gasteiger partial charge in [0.15, 0.2) is 11.5 Å². The second-order valence-electron chi connectivity index (χ2n) is 4.72. The van der Waals surface area contributed by atoms with E-state index in [4.69, 9.17) is 20.0 Å². The van der Waals surface area contributed by atoms with Crippen LogP contribution in [-0.4, -0.2) is 12.2 Å². The highest BCUT2D eigenvalue weighted by atomic mass is 16.5. The summed E-state index contributed by atoms with van der Waals surface area (Å²) in [5, 5.41) is 27.5. The molecule has 0 radical (unpaired) electrons. The summed E-state index contributed by atoms with van der Waals surface area (Å²) in [5.74, 6) is 1.54. The van der Waals surface area contributed by atoms with Crippen LogP contribution in [-0.2, 0) is 4.74 Å². The van der Waals surface area contributed by atoms with Gasteiger partial charge in [-0.2, -0.15) is 10.5 Å². The first-order valence-electron chi connectivity index (χ1n) is 6.74. The van der Waals surface area contributed by atoms with Crippen LogP contribution in [0, 0.1) is 22.7 Å². The molecule has 1 aliphatic rings. The van der Waals surface area contributed by atoms with E-state index in [1.807, 2.05) is 12.1 Å². The molecule has 1 aromatic carbocycles.